The Morgan fingerprint density at radius 1 is 1.13 bits per heavy atom. The van der Waals surface area contributed by atoms with E-state index in [2.05, 4.69) is 84.4 Å². The smallest absolute Gasteiger partial charge is 0.171 e. The Kier molecular flexibility index (Phi) is 7.97. The normalized spacial score (nSPS) is 21.5. The molecule has 198 valence electrons. The van der Waals surface area contributed by atoms with Gasteiger partial charge in [-0.25, -0.2) is 4.98 Å². The van der Waals surface area contributed by atoms with Crippen molar-refractivity contribution in [1.82, 2.24) is 14.5 Å². The van der Waals surface area contributed by atoms with Crippen LogP contribution in [0.25, 0.3) is 11.8 Å². The zero-order valence-electron chi connectivity index (χ0n) is 22.9. The van der Waals surface area contributed by atoms with Crippen molar-refractivity contribution in [3.63, 3.8) is 0 Å². The van der Waals surface area contributed by atoms with E-state index >= 15 is 0 Å². The van der Waals surface area contributed by atoms with Gasteiger partial charge in [-0.1, -0.05) is 67.6 Å². The van der Waals surface area contributed by atoms with Crippen molar-refractivity contribution in [3.8, 4) is 11.4 Å². The second kappa shape index (κ2) is 11.7. The van der Waals surface area contributed by atoms with E-state index in [0.29, 0.717) is 11.8 Å². The largest absolute Gasteiger partial charge is 0.495 e. The van der Waals surface area contributed by atoms with Crippen molar-refractivity contribution in [2.75, 3.05) is 20.2 Å². The van der Waals surface area contributed by atoms with Crippen molar-refractivity contribution >= 4 is 11.9 Å². The Hall–Kier alpha value is -3.80. The van der Waals surface area contributed by atoms with Gasteiger partial charge in [-0.3, -0.25) is 0 Å². The van der Waals surface area contributed by atoms with Crippen LogP contribution in [0.3, 0.4) is 0 Å². The standard InChI is InChI=1S/C32H38N4O2/c1-5-6-10-23(2)27-15-17-35-18-16-30(26-11-8-7-9-12-26)38-34-32(35)28(27)19-25-13-14-29(31(20-25)37-4)36-21-24(3)33-22-36/h6-14,19-23,27,30H,5,15-18H2,1-4H3. The minimum atomic E-state index is -0.0376. The first-order chi connectivity index (χ1) is 18.6. The minimum absolute atomic E-state index is 0.0376. The van der Waals surface area contributed by atoms with Gasteiger partial charge >= 0.3 is 0 Å². The summed E-state index contributed by atoms with van der Waals surface area (Å²) >= 11 is 0. The number of hydrogen-bond donors (Lipinski definition) is 0. The maximum atomic E-state index is 6.21. The molecule has 2 aliphatic rings. The molecule has 38 heavy (non-hydrogen) atoms. The summed E-state index contributed by atoms with van der Waals surface area (Å²) in [6, 6.07) is 16.8. The minimum Gasteiger partial charge on any atom is -0.495 e. The van der Waals surface area contributed by atoms with Crippen LogP contribution in [0, 0.1) is 18.8 Å². The van der Waals surface area contributed by atoms with Crippen LogP contribution in [0.4, 0.5) is 0 Å². The van der Waals surface area contributed by atoms with Gasteiger partial charge in [0.05, 0.1) is 24.8 Å². The Morgan fingerprint density at radius 3 is 2.68 bits per heavy atom. The number of nitrogens with zero attached hydrogens (tertiary/aromatic N) is 4. The fraction of sp³-hybridized carbons (Fsp3) is 0.375. The van der Waals surface area contributed by atoms with E-state index in [1.165, 1.54) is 11.1 Å². The van der Waals surface area contributed by atoms with E-state index < -0.39 is 0 Å². The third kappa shape index (κ3) is 5.54. The SMILES string of the molecule is CCC=CC(C)C1CCN2CCC(c3ccccc3)ON=C2C1=Cc1ccc(-n2cnc(C)c2)c(OC)c1. The summed E-state index contributed by atoms with van der Waals surface area (Å²) in [5.41, 5.74) is 5.43. The summed E-state index contributed by atoms with van der Waals surface area (Å²) in [7, 11) is 1.72. The van der Waals surface area contributed by atoms with Crippen LogP contribution in [-0.2, 0) is 4.84 Å². The van der Waals surface area contributed by atoms with Gasteiger partial charge in [0.25, 0.3) is 0 Å². The second-order valence-electron chi connectivity index (χ2n) is 10.2. The predicted octanol–water partition coefficient (Wildman–Crippen LogP) is 6.97. The van der Waals surface area contributed by atoms with Gasteiger partial charge in [0.2, 0.25) is 0 Å². The Bertz CT molecular complexity index is 1320. The molecule has 1 fully saturated rings. The lowest BCUT2D eigenvalue weighted by Gasteiger charge is -2.37. The highest BCUT2D eigenvalue weighted by atomic mass is 16.6. The van der Waals surface area contributed by atoms with Crippen LogP contribution in [0.5, 0.6) is 5.75 Å². The summed E-state index contributed by atoms with van der Waals surface area (Å²) in [5, 5.41) is 4.81. The summed E-state index contributed by atoms with van der Waals surface area (Å²) in [4.78, 5) is 13.0. The number of aromatic nitrogens is 2. The molecule has 0 amide bonds. The number of piperidine rings is 1. The highest BCUT2D eigenvalue weighted by Crippen LogP contribution is 2.37. The summed E-state index contributed by atoms with van der Waals surface area (Å²) in [6.07, 6.45) is 13.7. The van der Waals surface area contributed by atoms with E-state index in [0.717, 1.165) is 60.9 Å². The number of allylic oxidation sites excluding steroid dienone is 2. The van der Waals surface area contributed by atoms with Crippen LogP contribution in [0.1, 0.15) is 56.0 Å². The summed E-state index contributed by atoms with van der Waals surface area (Å²) < 4.78 is 7.80. The summed E-state index contributed by atoms with van der Waals surface area (Å²) in [6.45, 7) is 8.40. The van der Waals surface area contributed by atoms with Crippen molar-refractivity contribution in [2.24, 2.45) is 17.0 Å². The van der Waals surface area contributed by atoms with Crippen LogP contribution in [-0.4, -0.2) is 40.5 Å². The number of hydrogen-bond acceptors (Lipinski definition) is 5. The molecule has 1 aromatic heterocycles. The summed E-state index contributed by atoms with van der Waals surface area (Å²) in [5.74, 6) is 2.52. The number of imidazole rings is 1. The zero-order chi connectivity index (χ0) is 26.5. The third-order valence-corrected chi connectivity index (χ3v) is 7.59. The quantitative estimate of drug-likeness (QED) is 0.322. The van der Waals surface area contributed by atoms with Crippen molar-refractivity contribution < 1.29 is 9.57 Å². The van der Waals surface area contributed by atoms with Crippen LogP contribution < -0.4 is 4.74 Å². The third-order valence-electron chi connectivity index (χ3n) is 7.59. The number of aryl methyl sites for hydroxylation is 1. The molecule has 1 saturated heterocycles. The molecule has 5 rings (SSSR count). The molecule has 0 N–H and O–H groups in total. The molecule has 2 aliphatic heterocycles. The molecule has 6 heteroatoms. The van der Waals surface area contributed by atoms with Crippen molar-refractivity contribution in [2.45, 2.75) is 46.1 Å². The first-order valence-electron chi connectivity index (χ1n) is 13.7. The maximum absolute atomic E-state index is 6.21. The van der Waals surface area contributed by atoms with Gasteiger partial charge in [-0.15, -0.1) is 0 Å². The fourth-order valence-corrected chi connectivity index (χ4v) is 5.50. The van der Waals surface area contributed by atoms with Crippen LogP contribution in [0.15, 0.2) is 83.9 Å². The molecular formula is C32H38N4O2. The van der Waals surface area contributed by atoms with E-state index in [9.17, 15) is 0 Å². The van der Waals surface area contributed by atoms with Gasteiger partial charge in [-0.05, 0) is 60.9 Å². The van der Waals surface area contributed by atoms with E-state index in [-0.39, 0.29) is 6.10 Å². The molecule has 3 unspecified atom stereocenters. The van der Waals surface area contributed by atoms with Crippen LogP contribution in [0.2, 0.25) is 0 Å². The first kappa shape index (κ1) is 25.8. The molecule has 2 aromatic carbocycles. The van der Waals surface area contributed by atoms with Gasteiger partial charge < -0.3 is 19.0 Å². The number of methoxy groups -OCH3 is 1. The molecule has 0 aliphatic carbocycles. The Labute approximate surface area is 226 Å². The van der Waals surface area contributed by atoms with E-state index in [1.807, 2.05) is 30.1 Å². The molecule has 3 heterocycles. The highest BCUT2D eigenvalue weighted by molar-refractivity contribution is 6.03. The fourth-order valence-electron chi connectivity index (χ4n) is 5.50. The van der Waals surface area contributed by atoms with Gasteiger partial charge in [0.1, 0.15) is 5.75 Å². The molecule has 3 aromatic rings. The number of amidine groups is 1. The lowest BCUT2D eigenvalue weighted by Crippen LogP contribution is -2.42. The number of rotatable bonds is 7. The first-order valence-corrected chi connectivity index (χ1v) is 13.7. The van der Waals surface area contributed by atoms with Gasteiger partial charge in [0.15, 0.2) is 11.9 Å². The predicted molar refractivity (Wildman–Crippen MR) is 153 cm³/mol. The van der Waals surface area contributed by atoms with Gasteiger partial charge in [0, 0.05) is 31.3 Å². The molecular weight excluding hydrogens is 472 g/mol. The molecule has 0 radical (unpaired) electrons. The number of oxime groups is 1. The number of fused-ring (bicyclic) bond motifs is 1. The molecule has 0 saturated carbocycles. The Morgan fingerprint density at radius 2 is 1.95 bits per heavy atom. The van der Waals surface area contributed by atoms with Crippen LogP contribution >= 0.6 is 0 Å². The van der Waals surface area contributed by atoms with Crippen molar-refractivity contribution in [1.29, 1.82) is 0 Å². The van der Waals surface area contributed by atoms with E-state index in [4.69, 9.17) is 14.7 Å². The topological polar surface area (TPSA) is 51.9 Å². The molecule has 3 atom stereocenters. The maximum Gasteiger partial charge on any atom is 0.171 e. The van der Waals surface area contributed by atoms with E-state index in [1.54, 1.807) is 7.11 Å². The number of ether oxygens (including phenoxy) is 1. The second-order valence-corrected chi connectivity index (χ2v) is 10.2. The monoisotopic (exact) mass is 510 g/mol. The van der Waals surface area contributed by atoms with Gasteiger partial charge in [-0.2, -0.15) is 0 Å². The number of benzene rings is 2. The molecule has 6 nitrogen and oxygen atoms in total. The molecule has 0 spiro atoms. The highest BCUT2D eigenvalue weighted by Gasteiger charge is 2.34. The zero-order valence-corrected chi connectivity index (χ0v) is 22.9. The lowest BCUT2D eigenvalue weighted by atomic mass is 9.79. The molecule has 0 bridgehead atoms. The Balaban J connectivity index is 1.53. The lowest BCUT2D eigenvalue weighted by molar-refractivity contribution is 0.0576. The average molecular weight is 511 g/mol. The van der Waals surface area contributed by atoms with Crippen molar-refractivity contribution in [3.05, 3.63) is 95.6 Å². The average Bonchev–Trinajstić information content (AvgIpc) is 3.26.